The maximum Gasteiger partial charge on any atom is 0.220 e. The third-order valence-corrected chi connectivity index (χ3v) is 5.18. The average molecular weight is 392 g/mol. The maximum absolute atomic E-state index is 12.0. The Morgan fingerprint density at radius 3 is 2.50 bits per heavy atom. The van der Waals surface area contributed by atoms with Gasteiger partial charge in [-0.05, 0) is 43.2 Å². The molecule has 1 amide bonds. The Bertz CT molecular complexity index is 785. The largest absolute Gasteiger partial charge is 0.356 e. The average Bonchev–Trinajstić information content (AvgIpc) is 3.04. The smallest absolute Gasteiger partial charge is 0.220 e. The van der Waals surface area contributed by atoms with Gasteiger partial charge in [0, 0.05) is 42.1 Å². The number of rotatable bonds is 10. The highest BCUT2D eigenvalue weighted by Crippen LogP contribution is 2.17. The zero-order valence-electron chi connectivity index (χ0n) is 14.7. The number of carbonyl (C=O) groups excluding carboxylic acids is 3. The van der Waals surface area contributed by atoms with Crippen molar-refractivity contribution >= 4 is 40.4 Å². The van der Waals surface area contributed by atoms with E-state index in [-0.39, 0.29) is 43.2 Å². The molecule has 2 rings (SSSR count). The van der Waals surface area contributed by atoms with E-state index in [0.717, 1.165) is 10.4 Å². The SMILES string of the molecule is Cc1ccc(C(=O)CCC(=O)CCC(=O)NCCc2cccc(Cl)c2)s1. The monoisotopic (exact) mass is 391 g/mol. The number of hydrogen-bond donors (Lipinski definition) is 1. The first-order chi connectivity index (χ1) is 12.4. The molecule has 2 aromatic rings. The van der Waals surface area contributed by atoms with E-state index in [0.29, 0.717) is 22.9 Å². The predicted octanol–water partition coefficient (Wildman–Crippen LogP) is 4.38. The van der Waals surface area contributed by atoms with Crippen molar-refractivity contribution in [2.45, 2.75) is 39.0 Å². The van der Waals surface area contributed by atoms with Crippen molar-refractivity contribution in [2.75, 3.05) is 6.54 Å². The molecule has 0 saturated heterocycles. The molecule has 0 atom stereocenters. The van der Waals surface area contributed by atoms with Crippen LogP contribution < -0.4 is 5.32 Å². The first-order valence-electron chi connectivity index (χ1n) is 8.56. The van der Waals surface area contributed by atoms with Crippen LogP contribution in [-0.4, -0.2) is 24.0 Å². The van der Waals surface area contributed by atoms with Crippen molar-refractivity contribution in [3.8, 4) is 0 Å². The molecule has 1 aromatic carbocycles. The van der Waals surface area contributed by atoms with Gasteiger partial charge in [0.15, 0.2) is 5.78 Å². The van der Waals surface area contributed by atoms with Gasteiger partial charge in [0.25, 0.3) is 0 Å². The molecule has 26 heavy (non-hydrogen) atoms. The lowest BCUT2D eigenvalue weighted by Crippen LogP contribution is -2.26. The normalized spacial score (nSPS) is 10.5. The Kier molecular flexibility index (Phi) is 8.01. The summed E-state index contributed by atoms with van der Waals surface area (Å²) in [5.41, 5.74) is 1.05. The highest BCUT2D eigenvalue weighted by Gasteiger charge is 2.12. The molecule has 138 valence electrons. The molecular formula is C20H22ClNO3S. The molecule has 4 nitrogen and oxygen atoms in total. The second-order valence-electron chi connectivity index (χ2n) is 6.10. The Hall–Kier alpha value is -1.98. The van der Waals surface area contributed by atoms with Crippen molar-refractivity contribution in [3.63, 3.8) is 0 Å². The lowest BCUT2D eigenvalue weighted by molar-refractivity contribution is -0.125. The number of halogens is 1. The van der Waals surface area contributed by atoms with Crippen LogP contribution in [0.2, 0.25) is 5.02 Å². The molecule has 0 unspecified atom stereocenters. The number of benzene rings is 1. The molecule has 1 heterocycles. The van der Waals surface area contributed by atoms with Crippen LogP contribution in [0, 0.1) is 6.92 Å². The summed E-state index contributed by atoms with van der Waals surface area (Å²) in [5, 5.41) is 3.47. The number of aryl methyl sites for hydroxylation is 1. The molecule has 0 fully saturated rings. The number of ketones is 2. The van der Waals surface area contributed by atoms with Gasteiger partial charge < -0.3 is 5.32 Å². The summed E-state index contributed by atoms with van der Waals surface area (Å²) in [6.07, 6.45) is 1.40. The van der Waals surface area contributed by atoms with E-state index in [9.17, 15) is 14.4 Å². The zero-order valence-corrected chi connectivity index (χ0v) is 16.3. The zero-order chi connectivity index (χ0) is 18.9. The quantitative estimate of drug-likeness (QED) is 0.611. The van der Waals surface area contributed by atoms with Gasteiger partial charge in [-0.1, -0.05) is 23.7 Å². The Morgan fingerprint density at radius 1 is 1.04 bits per heavy atom. The number of hydrogen-bond acceptors (Lipinski definition) is 4. The van der Waals surface area contributed by atoms with E-state index < -0.39 is 0 Å². The molecule has 0 aliphatic heterocycles. The Morgan fingerprint density at radius 2 is 1.81 bits per heavy atom. The fraction of sp³-hybridized carbons (Fsp3) is 0.350. The predicted molar refractivity (Wildman–Crippen MR) is 105 cm³/mol. The van der Waals surface area contributed by atoms with Gasteiger partial charge in [0.2, 0.25) is 5.91 Å². The van der Waals surface area contributed by atoms with Crippen LogP contribution in [0.5, 0.6) is 0 Å². The first kappa shape index (κ1) is 20.3. The molecule has 1 aromatic heterocycles. The van der Waals surface area contributed by atoms with Gasteiger partial charge in [0.05, 0.1) is 4.88 Å². The van der Waals surface area contributed by atoms with Crippen molar-refractivity contribution < 1.29 is 14.4 Å². The number of amides is 1. The van der Waals surface area contributed by atoms with Crippen LogP contribution in [0.1, 0.15) is 45.8 Å². The molecule has 0 aliphatic carbocycles. The van der Waals surface area contributed by atoms with E-state index >= 15 is 0 Å². The van der Waals surface area contributed by atoms with Gasteiger partial charge in [0.1, 0.15) is 5.78 Å². The van der Waals surface area contributed by atoms with Crippen LogP contribution in [0.4, 0.5) is 0 Å². The first-order valence-corrected chi connectivity index (χ1v) is 9.76. The van der Waals surface area contributed by atoms with E-state index in [4.69, 9.17) is 11.6 Å². The van der Waals surface area contributed by atoms with Gasteiger partial charge in [-0.25, -0.2) is 0 Å². The molecule has 0 radical (unpaired) electrons. The van der Waals surface area contributed by atoms with Crippen molar-refractivity contribution in [2.24, 2.45) is 0 Å². The minimum atomic E-state index is -0.152. The fourth-order valence-electron chi connectivity index (χ4n) is 2.47. The second-order valence-corrected chi connectivity index (χ2v) is 7.83. The van der Waals surface area contributed by atoms with Crippen LogP contribution >= 0.6 is 22.9 Å². The van der Waals surface area contributed by atoms with Crippen molar-refractivity contribution in [1.82, 2.24) is 5.32 Å². The molecule has 0 spiro atoms. The molecular weight excluding hydrogens is 370 g/mol. The standard InChI is InChI=1S/C20H22ClNO3S/c1-14-5-9-19(26-14)18(24)8-6-17(23)7-10-20(25)22-12-11-15-3-2-4-16(21)13-15/h2-5,9,13H,6-8,10-12H2,1H3,(H,22,25). The lowest BCUT2D eigenvalue weighted by atomic mass is 10.1. The van der Waals surface area contributed by atoms with Gasteiger partial charge in [-0.2, -0.15) is 0 Å². The summed E-state index contributed by atoms with van der Waals surface area (Å²) in [6, 6.07) is 11.2. The van der Waals surface area contributed by atoms with E-state index in [2.05, 4.69) is 5.32 Å². The number of Topliss-reactive ketones (excluding diaryl/α,β-unsaturated/α-hetero) is 2. The Balaban J connectivity index is 1.60. The minimum Gasteiger partial charge on any atom is -0.356 e. The van der Waals surface area contributed by atoms with Crippen LogP contribution in [0.15, 0.2) is 36.4 Å². The van der Waals surface area contributed by atoms with E-state index in [1.54, 1.807) is 12.1 Å². The summed E-state index contributed by atoms with van der Waals surface area (Å²) in [7, 11) is 0. The fourth-order valence-corrected chi connectivity index (χ4v) is 3.51. The van der Waals surface area contributed by atoms with Crippen LogP contribution in [0.25, 0.3) is 0 Å². The number of carbonyl (C=O) groups is 3. The van der Waals surface area contributed by atoms with Gasteiger partial charge >= 0.3 is 0 Å². The number of thiophene rings is 1. The summed E-state index contributed by atoms with van der Waals surface area (Å²) in [4.78, 5) is 37.4. The lowest BCUT2D eigenvalue weighted by Gasteiger charge is -2.05. The topological polar surface area (TPSA) is 63.2 Å². The highest BCUT2D eigenvalue weighted by molar-refractivity contribution is 7.14. The van der Waals surface area contributed by atoms with Crippen molar-refractivity contribution in [3.05, 3.63) is 56.7 Å². The third-order valence-electron chi connectivity index (χ3n) is 3.90. The second kappa shape index (κ2) is 10.2. The minimum absolute atomic E-state index is 0.0116. The Labute approximate surface area is 162 Å². The summed E-state index contributed by atoms with van der Waals surface area (Å²) >= 11 is 7.36. The molecule has 0 aliphatic rings. The van der Waals surface area contributed by atoms with E-state index in [1.807, 2.05) is 31.2 Å². The summed E-state index contributed by atoms with van der Waals surface area (Å²) in [5.74, 6) is -0.223. The third kappa shape index (κ3) is 7.10. The van der Waals surface area contributed by atoms with Gasteiger partial charge in [-0.15, -0.1) is 11.3 Å². The summed E-state index contributed by atoms with van der Waals surface area (Å²) < 4.78 is 0. The maximum atomic E-state index is 12.0. The van der Waals surface area contributed by atoms with E-state index in [1.165, 1.54) is 11.3 Å². The molecule has 1 N–H and O–H groups in total. The molecule has 0 bridgehead atoms. The van der Waals surface area contributed by atoms with Crippen LogP contribution in [-0.2, 0) is 16.0 Å². The number of nitrogens with one attached hydrogen (secondary N) is 1. The van der Waals surface area contributed by atoms with Crippen LogP contribution in [0.3, 0.4) is 0 Å². The van der Waals surface area contributed by atoms with Crippen molar-refractivity contribution in [1.29, 1.82) is 0 Å². The summed E-state index contributed by atoms with van der Waals surface area (Å²) in [6.45, 7) is 2.45. The highest BCUT2D eigenvalue weighted by atomic mass is 35.5. The van der Waals surface area contributed by atoms with Gasteiger partial charge in [-0.3, -0.25) is 14.4 Å². The molecule has 0 saturated carbocycles. The molecule has 6 heteroatoms.